The first kappa shape index (κ1) is 27.3. The first-order valence-electron chi connectivity index (χ1n) is 12.2. The first-order valence-corrected chi connectivity index (χ1v) is 12.2. The van der Waals surface area contributed by atoms with Crippen molar-refractivity contribution >= 4 is 49.0 Å². The Kier molecular flexibility index (Phi) is 9.08. The average molecular weight is 685 g/mol. The Labute approximate surface area is 234 Å². The van der Waals surface area contributed by atoms with Crippen molar-refractivity contribution in [2.45, 2.75) is 13.0 Å². The Balaban J connectivity index is 0.000000174. The van der Waals surface area contributed by atoms with Gasteiger partial charge in [-0.2, -0.15) is 0 Å². The van der Waals surface area contributed by atoms with Gasteiger partial charge in [0, 0.05) is 30.4 Å². The number of benzene rings is 4. The Morgan fingerprint density at radius 3 is 2.00 bits per heavy atom. The SMILES string of the molecule is NCCCNCc1c2ccccc2cc2ccccc12.O=[N+]([O-])c1cc2cccnc2c2ncccc12.[Pt+4]. The molecule has 0 aliphatic heterocycles. The smallest absolute Gasteiger partial charge is 0.330 e. The number of nitro groups is 1. The molecule has 0 aliphatic rings. The van der Waals surface area contributed by atoms with Gasteiger partial charge in [0.1, 0.15) is 5.52 Å². The summed E-state index contributed by atoms with van der Waals surface area (Å²) in [5.74, 6) is 0. The van der Waals surface area contributed by atoms with Crippen LogP contribution >= 0.6 is 0 Å². The van der Waals surface area contributed by atoms with Crippen molar-refractivity contribution in [3.8, 4) is 0 Å². The van der Waals surface area contributed by atoms with Gasteiger partial charge in [-0.15, -0.1) is 0 Å². The van der Waals surface area contributed by atoms with Crippen LogP contribution in [0.25, 0.3) is 43.4 Å². The van der Waals surface area contributed by atoms with Crippen molar-refractivity contribution in [2.24, 2.45) is 5.73 Å². The topological polar surface area (TPSA) is 107 Å². The molecule has 2 heterocycles. The van der Waals surface area contributed by atoms with E-state index in [0.29, 0.717) is 16.4 Å². The van der Waals surface area contributed by atoms with Gasteiger partial charge < -0.3 is 11.1 Å². The summed E-state index contributed by atoms with van der Waals surface area (Å²) in [6.07, 6.45) is 4.28. The fourth-order valence-electron chi connectivity index (χ4n) is 4.65. The van der Waals surface area contributed by atoms with Crippen LogP contribution in [0.2, 0.25) is 0 Å². The summed E-state index contributed by atoms with van der Waals surface area (Å²) < 4.78 is 0. The average Bonchev–Trinajstić information content (AvgIpc) is 2.94. The number of nitrogens with one attached hydrogen (secondary N) is 1. The van der Waals surface area contributed by atoms with Gasteiger partial charge in [-0.25, -0.2) is 0 Å². The molecule has 0 radical (unpaired) electrons. The molecule has 0 saturated heterocycles. The number of nitro benzene ring substituents is 1. The molecule has 0 unspecified atom stereocenters. The Morgan fingerprint density at radius 2 is 1.34 bits per heavy atom. The molecule has 0 saturated carbocycles. The monoisotopic (exact) mass is 684 g/mol. The van der Waals surface area contributed by atoms with Crippen LogP contribution in [0.1, 0.15) is 12.0 Å². The predicted molar refractivity (Wildman–Crippen MR) is 151 cm³/mol. The molecule has 7 nitrogen and oxygen atoms in total. The number of nitrogens with zero attached hydrogens (tertiary/aromatic N) is 3. The molecule has 0 atom stereocenters. The minimum Gasteiger partial charge on any atom is -0.330 e. The molecule has 190 valence electrons. The molecule has 0 spiro atoms. The van der Waals surface area contributed by atoms with E-state index in [2.05, 4.69) is 69.9 Å². The molecule has 0 aliphatic carbocycles. The molecule has 38 heavy (non-hydrogen) atoms. The fourth-order valence-corrected chi connectivity index (χ4v) is 4.65. The molecular formula is C30H27N5O2Pt+4. The van der Waals surface area contributed by atoms with Crippen LogP contribution in [0, 0.1) is 10.1 Å². The molecule has 0 bridgehead atoms. The maximum atomic E-state index is 11.0. The summed E-state index contributed by atoms with van der Waals surface area (Å²) in [5.41, 5.74) is 8.25. The molecule has 6 rings (SSSR count). The zero-order valence-electron chi connectivity index (χ0n) is 20.6. The molecule has 6 aromatic rings. The van der Waals surface area contributed by atoms with E-state index in [-0.39, 0.29) is 26.8 Å². The molecule has 0 fully saturated rings. The van der Waals surface area contributed by atoms with Crippen molar-refractivity contribution in [1.29, 1.82) is 0 Å². The van der Waals surface area contributed by atoms with E-state index < -0.39 is 4.92 Å². The number of non-ortho nitro benzene ring substituents is 1. The second-order valence-electron chi connectivity index (χ2n) is 8.74. The second kappa shape index (κ2) is 12.7. The third-order valence-corrected chi connectivity index (χ3v) is 6.38. The minimum absolute atomic E-state index is 0. The van der Waals surface area contributed by atoms with E-state index in [4.69, 9.17) is 5.73 Å². The van der Waals surface area contributed by atoms with Gasteiger partial charge in [0.25, 0.3) is 5.69 Å². The van der Waals surface area contributed by atoms with Crippen molar-refractivity contribution in [3.05, 3.63) is 113 Å². The van der Waals surface area contributed by atoms with Gasteiger partial charge >= 0.3 is 21.1 Å². The van der Waals surface area contributed by atoms with Crippen LogP contribution < -0.4 is 11.1 Å². The summed E-state index contributed by atoms with van der Waals surface area (Å²) in [5, 5.41) is 21.1. The largest absolute Gasteiger partial charge is 4.00 e. The number of pyridine rings is 2. The van der Waals surface area contributed by atoms with Crippen molar-refractivity contribution < 1.29 is 26.0 Å². The fraction of sp³-hybridized carbons (Fsp3) is 0.133. The van der Waals surface area contributed by atoms with Crippen LogP contribution in [-0.2, 0) is 27.6 Å². The van der Waals surface area contributed by atoms with Gasteiger partial charge in [0.15, 0.2) is 0 Å². The Morgan fingerprint density at radius 1 is 0.763 bits per heavy atom. The molecule has 4 aromatic carbocycles. The normalized spacial score (nSPS) is 10.8. The molecule has 8 heteroatoms. The summed E-state index contributed by atoms with van der Waals surface area (Å²) in [7, 11) is 0. The standard InChI is InChI=1S/C18H20N2.C12H7N3O2.Pt/c19-10-5-11-20-13-18-16-8-3-1-6-14(16)12-15-7-2-4-9-17(15)18;16-15(17)10-7-8-3-1-5-13-11(8)12-9(10)4-2-6-14-12;/h1-4,6-9,12,20H,5,10-11,13,19H2;1-7H;/q;;+4. The van der Waals surface area contributed by atoms with E-state index in [1.54, 1.807) is 36.7 Å². The quantitative estimate of drug-likeness (QED) is 0.0720. The van der Waals surface area contributed by atoms with Crippen LogP contribution in [0.3, 0.4) is 0 Å². The number of fused-ring (bicyclic) bond motifs is 5. The van der Waals surface area contributed by atoms with E-state index in [0.717, 1.165) is 31.4 Å². The van der Waals surface area contributed by atoms with Crippen LogP contribution in [-0.4, -0.2) is 28.0 Å². The number of rotatable bonds is 6. The zero-order chi connectivity index (χ0) is 25.6. The number of hydrogen-bond acceptors (Lipinski definition) is 6. The third-order valence-electron chi connectivity index (χ3n) is 6.38. The first-order chi connectivity index (χ1) is 18.2. The van der Waals surface area contributed by atoms with Gasteiger partial charge in [-0.3, -0.25) is 20.1 Å². The van der Waals surface area contributed by atoms with Crippen LogP contribution in [0.4, 0.5) is 5.69 Å². The Hall–Kier alpha value is -3.77. The molecule has 2 aromatic heterocycles. The van der Waals surface area contributed by atoms with E-state index in [1.807, 2.05) is 0 Å². The molecular weight excluding hydrogens is 657 g/mol. The van der Waals surface area contributed by atoms with Crippen LogP contribution in [0.15, 0.2) is 97.3 Å². The molecule has 0 amide bonds. The summed E-state index contributed by atoms with van der Waals surface area (Å²) in [4.78, 5) is 19.0. The van der Waals surface area contributed by atoms with Gasteiger partial charge in [-0.05, 0) is 70.9 Å². The maximum Gasteiger partial charge on any atom is 4.00 e. The third kappa shape index (κ3) is 5.70. The van der Waals surface area contributed by atoms with Gasteiger partial charge in [-0.1, -0.05) is 54.6 Å². The van der Waals surface area contributed by atoms with Crippen LogP contribution in [0.5, 0.6) is 0 Å². The van der Waals surface area contributed by atoms with E-state index in [1.165, 1.54) is 33.2 Å². The summed E-state index contributed by atoms with van der Waals surface area (Å²) >= 11 is 0. The zero-order valence-corrected chi connectivity index (χ0v) is 22.9. The molecule has 3 N–H and O–H groups in total. The summed E-state index contributed by atoms with van der Waals surface area (Å²) in [6.45, 7) is 2.60. The van der Waals surface area contributed by atoms with E-state index in [9.17, 15) is 10.1 Å². The van der Waals surface area contributed by atoms with Crippen molar-refractivity contribution in [2.75, 3.05) is 13.1 Å². The maximum absolute atomic E-state index is 11.0. The van der Waals surface area contributed by atoms with Gasteiger partial charge in [0.2, 0.25) is 0 Å². The predicted octanol–water partition coefficient (Wildman–Crippen LogP) is 6.12. The van der Waals surface area contributed by atoms with Gasteiger partial charge in [0.05, 0.1) is 15.8 Å². The van der Waals surface area contributed by atoms with E-state index >= 15 is 0 Å². The van der Waals surface area contributed by atoms with Crippen molar-refractivity contribution in [1.82, 2.24) is 15.3 Å². The number of hydrogen-bond donors (Lipinski definition) is 2. The Bertz CT molecular complexity index is 1670. The van der Waals surface area contributed by atoms with Crippen molar-refractivity contribution in [3.63, 3.8) is 0 Å². The number of nitrogens with two attached hydrogens (primary N) is 1. The minimum atomic E-state index is -0.392. The second-order valence-corrected chi connectivity index (χ2v) is 8.74. The summed E-state index contributed by atoms with van der Waals surface area (Å²) in [6, 6.07) is 27.9. The number of aromatic nitrogens is 2.